The summed E-state index contributed by atoms with van der Waals surface area (Å²) in [5.41, 5.74) is 0. The highest BCUT2D eigenvalue weighted by Gasteiger charge is 2.32. The van der Waals surface area contributed by atoms with Crippen LogP contribution >= 0.6 is 0 Å². The van der Waals surface area contributed by atoms with Crippen LogP contribution in [0.5, 0.6) is 0 Å². The average molecular weight is 251 g/mol. The number of hydrogen-bond acceptors (Lipinski definition) is 3. The van der Waals surface area contributed by atoms with Crippen molar-refractivity contribution >= 4 is 0 Å². The van der Waals surface area contributed by atoms with Crippen LogP contribution in [0.3, 0.4) is 0 Å². The summed E-state index contributed by atoms with van der Waals surface area (Å²) in [7, 11) is 2.16. The number of likely N-dealkylation sites (N-methyl/N-ethyl adjacent to an activating group) is 1. The molecule has 2 saturated heterocycles. The summed E-state index contributed by atoms with van der Waals surface area (Å²) in [6.45, 7) is 6.57. The monoisotopic (exact) mass is 251 g/mol. The maximum atomic E-state index is 3.60. The van der Waals surface area contributed by atoms with Crippen molar-refractivity contribution in [2.24, 2.45) is 5.92 Å². The van der Waals surface area contributed by atoms with E-state index in [1.165, 1.54) is 71.2 Å². The van der Waals surface area contributed by atoms with E-state index in [4.69, 9.17) is 0 Å². The van der Waals surface area contributed by atoms with Crippen molar-refractivity contribution in [3.8, 4) is 0 Å². The molecule has 0 aromatic heterocycles. The van der Waals surface area contributed by atoms with E-state index < -0.39 is 0 Å². The minimum absolute atomic E-state index is 0.737. The van der Waals surface area contributed by atoms with Crippen LogP contribution in [0.15, 0.2) is 0 Å². The van der Waals surface area contributed by atoms with Gasteiger partial charge in [-0.05, 0) is 45.2 Å². The SMILES string of the molecule is CNC(CN1CCN2CCCC2C1)C1CCCC1. The molecule has 3 rings (SSSR count). The molecule has 3 fully saturated rings. The van der Waals surface area contributed by atoms with Crippen LogP contribution in [0.1, 0.15) is 38.5 Å². The fourth-order valence-electron chi connectivity index (χ4n) is 4.34. The second-order valence-corrected chi connectivity index (χ2v) is 6.53. The Hall–Kier alpha value is -0.120. The van der Waals surface area contributed by atoms with Crippen LogP contribution in [0, 0.1) is 5.92 Å². The average Bonchev–Trinajstić information content (AvgIpc) is 3.06. The van der Waals surface area contributed by atoms with Gasteiger partial charge in [-0.25, -0.2) is 0 Å². The van der Waals surface area contributed by atoms with Crippen molar-refractivity contribution in [1.82, 2.24) is 15.1 Å². The summed E-state index contributed by atoms with van der Waals surface area (Å²) >= 11 is 0. The molecule has 2 aliphatic heterocycles. The second kappa shape index (κ2) is 5.89. The molecule has 2 heterocycles. The second-order valence-electron chi connectivity index (χ2n) is 6.53. The normalized spacial score (nSPS) is 32.8. The van der Waals surface area contributed by atoms with E-state index in [9.17, 15) is 0 Å². The lowest BCUT2D eigenvalue weighted by Gasteiger charge is -2.40. The van der Waals surface area contributed by atoms with Gasteiger partial charge in [0.25, 0.3) is 0 Å². The summed E-state index contributed by atoms with van der Waals surface area (Å²) in [5, 5.41) is 3.60. The van der Waals surface area contributed by atoms with Crippen molar-refractivity contribution in [1.29, 1.82) is 0 Å². The molecule has 2 unspecified atom stereocenters. The predicted molar refractivity (Wildman–Crippen MR) is 75.8 cm³/mol. The topological polar surface area (TPSA) is 18.5 Å². The van der Waals surface area contributed by atoms with E-state index in [0.717, 1.165) is 18.0 Å². The fraction of sp³-hybridized carbons (Fsp3) is 1.00. The van der Waals surface area contributed by atoms with Crippen molar-refractivity contribution in [2.45, 2.75) is 50.6 Å². The van der Waals surface area contributed by atoms with Crippen molar-refractivity contribution < 1.29 is 0 Å². The Balaban J connectivity index is 1.51. The van der Waals surface area contributed by atoms with Crippen molar-refractivity contribution in [3.05, 3.63) is 0 Å². The van der Waals surface area contributed by atoms with Crippen LogP contribution in [0.2, 0.25) is 0 Å². The molecule has 3 heteroatoms. The number of rotatable bonds is 4. The van der Waals surface area contributed by atoms with Gasteiger partial charge in [0.05, 0.1) is 0 Å². The molecule has 1 N–H and O–H groups in total. The van der Waals surface area contributed by atoms with Crippen molar-refractivity contribution in [2.75, 3.05) is 39.8 Å². The van der Waals surface area contributed by atoms with E-state index in [0.29, 0.717) is 0 Å². The Morgan fingerprint density at radius 2 is 1.89 bits per heavy atom. The predicted octanol–water partition coefficient (Wildman–Crippen LogP) is 1.54. The number of nitrogens with zero attached hydrogens (tertiary/aromatic N) is 2. The Kier molecular flexibility index (Phi) is 4.22. The summed E-state index contributed by atoms with van der Waals surface area (Å²) < 4.78 is 0. The summed E-state index contributed by atoms with van der Waals surface area (Å²) in [4.78, 5) is 5.44. The summed E-state index contributed by atoms with van der Waals surface area (Å²) in [5.74, 6) is 0.941. The third kappa shape index (κ3) is 2.73. The molecule has 1 saturated carbocycles. The maximum Gasteiger partial charge on any atom is 0.0224 e. The van der Waals surface area contributed by atoms with Gasteiger partial charge in [0.1, 0.15) is 0 Å². The first-order valence-electron chi connectivity index (χ1n) is 8.00. The van der Waals surface area contributed by atoms with E-state index >= 15 is 0 Å². The molecule has 0 amide bonds. The van der Waals surface area contributed by atoms with Gasteiger partial charge in [-0.3, -0.25) is 9.80 Å². The summed E-state index contributed by atoms with van der Waals surface area (Å²) in [6.07, 6.45) is 8.68. The molecule has 3 aliphatic rings. The molecule has 1 aliphatic carbocycles. The van der Waals surface area contributed by atoms with E-state index in [1.54, 1.807) is 0 Å². The lowest BCUT2D eigenvalue weighted by atomic mass is 9.97. The van der Waals surface area contributed by atoms with Gasteiger partial charge in [0, 0.05) is 38.3 Å². The zero-order valence-corrected chi connectivity index (χ0v) is 11.9. The number of piperazine rings is 1. The molecule has 104 valence electrons. The van der Waals surface area contributed by atoms with E-state index in [1.807, 2.05) is 0 Å². The Morgan fingerprint density at radius 3 is 2.67 bits per heavy atom. The lowest BCUT2D eigenvalue weighted by molar-refractivity contribution is 0.0904. The Morgan fingerprint density at radius 1 is 1.06 bits per heavy atom. The summed E-state index contributed by atoms with van der Waals surface area (Å²) in [6, 6.07) is 1.61. The quantitative estimate of drug-likeness (QED) is 0.818. The van der Waals surface area contributed by atoms with Gasteiger partial charge < -0.3 is 5.32 Å². The highest BCUT2D eigenvalue weighted by atomic mass is 15.3. The van der Waals surface area contributed by atoms with Crippen LogP contribution in [-0.2, 0) is 0 Å². The van der Waals surface area contributed by atoms with E-state index in [-0.39, 0.29) is 0 Å². The van der Waals surface area contributed by atoms with Crippen molar-refractivity contribution in [3.63, 3.8) is 0 Å². The molecule has 0 spiro atoms. The van der Waals surface area contributed by atoms with E-state index in [2.05, 4.69) is 22.2 Å². The zero-order chi connectivity index (χ0) is 12.4. The first-order valence-corrected chi connectivity index (χ1v) is 8.00. The van der Waals surface area contributed by atoms with Gasteiger partial charge in [0.15, 0.2) is 0 Å². The molecular weight excluding hydrogens is 222 g/mol. The molecule has 2 atom stereocenters. The van der Waals surface area contributed by atoms with Crippen LogP contribution in [-0.4, -0.2) is 61.7 Å². The maximum absolute atomic E-state index is 3.60. The first-order chi connectivity index (χ1) is 8.86. The standard InChI is InChI=1S/C15H29N3/c1-16-15(13-5-2-3-6-13)12-17-9-10-18-8-4-7-14(18)11-17/h13-16H,2-12H2,1H3. The van der Waals surface area contributed by atoms with Gasteiger partial charge in [-0.1, -0.05) is 12.8 Å². The molecular formula is C15H29N3. The third-order valence-corrected chi connectivity index (χ3v) is 5.47. The largest absolute Gasteiger partial charge is 0.315 e. The smallest absolute Gasteiger partial charge is 0.0224 e. The van der Waals surface area contributed by atoms with Crippen LogP contribution < -0.4 is 5.32 Å². The third-order valence-electron chi connectivity index (χ3n) is 5.47. The molecule has 18 heavy (non-hydrogen) atoms. The molecule has 3 nitrogen and oxygen atoms in total. The van der Waals surface area contributed by atoms with Crippen LogP contribution in [0.4, 0.5) is 0 Å². The highest BCUT2D eigenvalue weighted by Crippen LogP contribution is 2.29. The fourth-order valence-corrected chi connectivity index (χ4v) is 4.34. The molecule has 0 radical (unpaired) electrons. The molecule has 0 aromatic carbocycles. The number of nitrogens with one attached hydrogen (secondary N) is 1. The van der Waals surface area contributed by atoms with Gasteiger partial charge in [-0.15, -0.1) is 0 Å². The lowest BCUT2D eigenvalue weighted by Crippen LogP contribution is -2.54. The van der Waals surface area contributed by atoms with Gasteiger partial charge in [-0.2, -0.15) is 0 Å². The Labute approximate surface area is 112 Å². The number of hydrogen-bond donors (Lipinski definition) is 1. The van der Waals surface area contributed by atoms with Gasteiger partial charge >= 0.3 is 0 Å². The zero-order valence-electron chi connectivity index (χ0n) is 11.9. The minimum Gasteiger partial charge on any atom is -0.315 e. The molecule has 0 aromatic rings. The number of fused-ring (bicyclic) bond motifs is 1. The first kappa shape index (κ1) is 12.9. The molecule has 0 bridgehead atoms. The minimum atomic E-state index is 0.737. The Bertz CT molecular complexity index is 262. The van der Waals surface area contributed by atoms with Crippen LogP contribution in [0.25, 0.3) is 0 Å². The highest BCUT2D eigenvalue weighted by molar-refractivity contribution is 4.90. The van der Waals surface area contributed by atoms with Gasteiger partial charge in [0.2, 0.25) is 0 Å².